The Morgan fingerprint density at radius 2 is 2.26 bits per heavy atom. The third-order valence-corrected chi connectivity index (χ3v) is 3.83. The second-order valence-electron chi connectivity index (χ2n) is 3.19. The van der Waals surface area contributed by atoms with E-state index in [1.54, 1.807) is 0 Å². The minimum Gasteiger partial charge on any atom is -0.320 e. The fourth-order valence-electron chi connectivity index (χ4n) is 1.13. The summed E-state index contributed by atoms with van der Waals surface area (Å²) in [6.07, 6.45) is 2.67. The van der Waals surface area contributed by atoms with Gasteiger partial charge in [-0.05, 0) is 11.3 Å². The topological polar surface area (TPSA) is 124 Å². The van der Waals surface area contributed by atoms with Gasteiger partial charge in [0.1, 0.15) is 4.90 Å². The monoisotopic (exact) mass is 296 g/mol. The van der Waals surface area contributed by atoms with Gasteiger partial charge >= 0.3 is 0 Å². The van der Waals surface area contributed by atoms with E-state index in [1.807, 2.05) is 0 Å². The summed E-state index contributed by atoms with van der Waals surface area (Å²) in [6.45, 7) is 0.186. The van der Waals surface area contributed by atoms with E-state index in [9.17, 15) is 8.42 Å². The van der Waals surface area contributed by atoms with Crippen LogP contribution in [-0.4, -0.2) is 34.7 Å². The molecule has 2 heterocycles. The minimum atomic E-state index is -3.77. The Morgan fingerprint density at radius 1 is 1.42 bits per heavy atom. The van der Waals surface area contributed by atoms with Crippen molar-refractivity contribution < 1.29 is 8.42 Å². The van der Waals surface area contributed by atoms with Gasteiger partial charge in [-0.25, -0.2) is 8.42 Å². The zero-order chi connectivity index (χ0) is 13.7. The van der Waals surface area contributed by atoms with Gasteiger partial charge in [0.25, 0.3) is 10.0 Å². The predicted octanol–water partition coefficient (Wildman–Crippen LogP) is -0.561. The Bertz CT molecular complexity index is 717. The van der Waals surface area contributed by atoms with Gasteiger partial charge in [0, 0.05) is 29.5 Å². The van der Waals surface area contributed by atoms with Crippen molar-refractivity contribution >= 4 is 26.7 Å². The van der Waals surface area contributed by atoms with Crippen molar-refractivity contribution in [3.8, 4) is 11.8 Å². The van der Waals surface area contributed by atoms with Crippen LogP contribution in [0.25, 0.3) is 0 Å². The van der Waals surface area contributed by atoms with E-state index in [2.05, 4.69) is 36.3 Å². The third kappa shape index (κ3) is 3.44. The summed E-state index contributed by atoms with van der Waals surface area (Å²) >= 11 is 0.835. The molecule has 0 amide bonds. The maximum atomic E-state index is 12.0. The lowest BCUT2D eigenvalue weighted by Gasteiger charge is -2.03. The SMILES string of the molecule is NCC#Cc1cncc(S(=O)(=O)Nc2nnns2)c1. The lowest BCUT2D eigenvalue weighted by Crippen LogP contribution is -2.13. The van der Waals surface area contributed by atoms with Crippen molar-refractivity contribution in [1.82, 2.24) is 19.8 Å². The molecule has 10 heteroatoms. The second kappa shape index (κ2) is 5.70. The maximum absolute atomic E-state index is 12.0. The van der Waals surface area contributed by atoms with Crippen LogP contribution in [0.1, 0.15) is 5.56 Å². The molecule has 8 nitrogen and oxygen atoms in total. The summed E-state index contributed by atoms with van der Waals surface area (Å²) in [5.41, 5.74) is 5.71. The summed E-state index contributed by atoms with van der Waals surface area (Å²) in [7, 11) is -3.77. The average Bonchev–Trinajstić information content (AvgIpc) is 2.89. The number of hydrogen-bond donors (Lipinski definition) is 2. The van der Waals surface area contributed by atoms with Crippen LogP contribution in [0.15, 0.2) is 23.4 Å². The summed E-state index contributed by atoms with van der Waals surface area (Å²) in [6, 6.07) is 1.40. The van der Waals surface area contributed by atoms with E-state index in [4.69, 9.17) is 5.73 Å². The fourth-order valence-corrected chi connectivity index (χ4v) is 2.71. The Labute approximate surface area is 113 Å². The van der Waals surface area contributed by atoms with Gasteiger partial charge in [-0.1, -0.05) is 21.4 Å². The first-order valence-corrected chi connectivity index (χ1v) is 7.19. The van der Waals surface area contributed by atoms with E-state index in [1.165, 1.54) is 18.5 Å². The maximum Gasteiger partial charge on any atom is 0.265 e. The first-order valence-electron chi connectivity index (χ1n) is 4.93. The number of nitrogens with one attached hydrogen (secondary N) is 1. The molecule has 98 valence electrons. The molecule has 0 aliphatic heterocycles. The van der Waals surface area contributed by atoms with Crippen LogP contribution in [0.5, 0.6) is 0 Å². The summed E-state index contributed by atoms with van der Waals surface area (Å²) in [5, 5.41) is 6.88. The van der Waals surface area contributed by atoms with Gasteiger partial charge < -0.3 is 5.73 Å². The van der Waals surface area contributed by atoms with Gasteiger partial charge in [-0.15, -0.1) is 0 Å². The first kappa shape index (κ1) is 13.3. The molecule has 0 aliphatic rings. The number of anilines is 1. The number of hydrogen-bond acceptors (Lipinski definition) is 8. The zero-order valence-electron chi connectivity index (χ0n) is 9.44. The summed E-state index contributed by atoms with van der Waals surface area (Å²) in [5.74, 6) is 5.33. The van der Waals surface area contributed by atoms with E-state index < -0.39 is 10.0 Å². The molecular weight excluding hydrogens is 288 g/mol. The highest BCUT2D eigenvalue weighted by atomic mass is 32.2. The highest BCUT2D eigenvalue weighted by Crippen LogP contribution is 2.15. The molecule has 0 atom stereocenters. The van der Waals surface area contributed by atoms with Gasteiger partial charge in [0.15, 0.2) is 0 Å². The van der Waals surface area contributed by atoms with Gasteiger partial charge in [-0.2, -0.15) is 0 Å². The van der Waals surface area contributed by atoms with Crippen LogP contribution in [-0.2, 0) is 10.0 Å². The Kier molecular flexibility index (Phi) is 4.00. The van der Waals surface area contributed by atoms with Crippen LogP contribution in [0.3, 0.4) is 0 Å². The summed E-state index contributed by atoms with van der Waals surface area (Å²) < 4.78 is 29.7. The van der Waals surface area contributed by atoms with Crippen LogP contribution in [0.4, 0.5) is 5.13 Å². The van der Waals surface area contributed by atoms with Gasteiger partial charge in [0.05, 0.1) is 6.54 Å². The first-order chi connectivity index (χ1) is 9.12. The van der Waals surface area contributed by atoms with Gasteiger partial charge in [-0.3, -0.25) is 9.71 Å². The second-order valence-corrected chi connectivity index (χ2v) is 5.60. The smallest absolute Gasteiger partial charge is 0.265 e. The number of pyridine rings is 1. The molecule has 0 fully saturated rings. The molecule has 3 N–H and O–H groups in total. The van der Waals surface area contributed by atoms with Crippen molar-refractivity contribution in [3.05, 3.63) is 24.0 Å². The lowest BCUT2D eigenvalue weighted by molar-refractivity contribution is 0.600. The molecule has 0 saturated heterocycles. The number of nitrogens with two attached hydrogens (primary N) is 1. The molecule has 0 saturated carbocycles. The molecule has 0 bridgehead atoms. The minimum absolute atomic E-state index is 0.0217. The Morgan fingerprint density at radius 3 is 2.95 bits per heavy atom. The number of aromatic nitrogens is 4. The molecule has 2 aromatic heterocycles. The molecular formula is C9H8N6O2S2. The molecule has 19 heavy (non-hydrogen) atoms. The van der Waals surface area contributed by atoms with E-state index in [0.717, 1.165) is 11.5 Å². The molecule has 0 unspecified atom stereocenters. The lowest BCUT2D eigenvalue weighted by atomic mass is 10.3. The highest BCUT2D eigenvalue weighted by Gasteiger charge is 2.16. The number of sulfonamides is 1. The zero-order valence-corrected chi connectivity index (χ0v) is 11.1. The van der Waals surface area contributed by atoms with Crippen LogP contribution in [0.2, 0.25) is 0 Å². The van der Waals surface area contributed by atoms with Crippen molar-refractivity contribution in [3.63, 3.8) is 0 Å². The Balaban J connectivity index is 2.30. The van der Waals surface area contributed by atoms with Crippen molar-refractivity contribution in [2.45, 2.75) is 4.90 Å². The molecule has 2 rings (SSSR count). The van der Waals surface area contributed by atoms with E-state index in [0.29, 0.717) is 5.56 Å². The average molecular weight is 296 g/mol. The van der Waals surface area contributed by atoms with E-state index in [-0.39, 0.29) is 16.6 Å². The van der Waals surface area contributed by atoms with Gasteiger partial charge in [0.2, 0.25) is 5.13 Å². The molecule has 0 radical (unpaired) electrons. The standard InChI is InChI=1S/C9H8N6O2S2/c10-3-1-2-7-4-8(6-11-5-7)19(16,17)13-9-12-14-15-18-9/h4-6H,3,10H2,(H,12,13,15). The highest BCUT2D eigenvalue weighted by molar-refractivity contribution is 7.93. The largest absolute Gasteiger partial charge is 0.320 e. The number of rotatable bonds is 3. The fraction of sp³-hybridized carbons (Fsp3) is 0.111. The van der Waals surface area contributed by atoms with Crippen LogP contribution in [0, 0.1) is 11.8 Å². The normalized spacial score (nSPS) is 10.6. The van der Waals surface area contributed by atoms with E-state index >= 15 is 0 Å². The molecule has 0 spiro atoms. The van der Waals surface area contributed by atoms with Crippen molar-refractivity contribution in [2.24, 2.45) is 5.73 Å². The van der Waals surface area contributed by atoms with Crippen LogP contribution < -0.4 is 10.5 Å². The van der Waals surface area contributed by atoms with Crippen LogP contribution >= 0.6 is 11.5 Å². The third-order valence-electron chi connectivity index (χ3n) is 1.88. The van der Waals surface area contributed by atoms with Crippen molar-refractivity contribution in [1.29, 1.82) is 0 Å². The molecule has 2 aromatic rings. The molecule has 0 aromatic carbocycles. The number of nitrogens with zero attached hydrogens (tertiary/aromatic N) is 4. The van der Waals surface area contributed by atoms with Crippen molar-refractivity contribution in [2.75, 3.05) is 11.3 Å². The summed E-state index contributed by atoms with van der Waals surface area (Å²) in [4.78, 5) is 3.80. The Hall–Kier alpha value is -2.09. The quantitative estimate of drug-likeness (QED) is 0.727. The molecule has 0 aliphatic carbocycles. The predicted molar refractivity (Wildman–Crippen MR) is 68.7 cm³/mol.